The van der Waals surface area contributed by atoms with Crippen LogP contribution in [0.25, 0.3) is 33.4 Å². The summed E-state index contributed by atoms with van der Waals surface area (Å²) >= 11 is 0. The fourth-order valence-corrected chi connectivity index (χ4v) is 5.41. The van der Waals surface area contributed by atoms with E-state index in [4.69, 9.17) is 0 Å². The molecule has 0 fully saturated rings. The number of fused-ring (bicyclic) bond motifs is 3. The van der Waals surface area contributed by atoms with Crippen molar-refractivity contribution in [2.45, 2.75) is 19.3 Å². The molecule has 0 amide bonds. The average Bonchev–Trinajstić information content (AvgIpc) is 3.12. The minimum atomic E-state index is -0.00970. The second-order valence-corrected chi connectivity index (χ2v) is 9.48. The van der Waals surface area contributed by atoms with E-state index in [0.717, 1.165) is 11.4 Å². The van der Waals surface area contributed by atoms with Crippen molar-refractivity contribution in [3.8, 4) is 33.4 Å². The molecule has 5 aromatic rings. The molecular weight excluding hydrogens is 410 g/mol. The lowest BCUT2D eigenvalue weighted by atomic mass is 9.82. The molecular formula is C33H27N. The topological polar surface area (TPSA) is 12.0 Å². The molecule has 1 aliphatic rings. The summed E-state index contributed by atoms with van der Waals surface area (Å²) in [4.78, 5) is 0. The first kappa shape index (κ1) is 20.5. The highest BCUT2D eigenvalue weighted by atomic mass is 14.9. The van der Waals surface area contributed by atoms with Crippen LogP contribution in [0.5, 0.6) is 0 Å². The highest BCUT2D eigenvalue weighted by molar-refractivity contribution is 5.97. The fraction of sp³-hybridized carbons (Fsp3) is 0.0909. The van der Waals surface area contributed by atoms with Crippen LogP contribution < -0.4 is 5.32 Å². The Kier molecular flexibility index (Phi) is 4.85. The van der Waals surface area contributed by atoms with Gasteiger partial charge in [0.15, 0.2) is 0 Å². The van der Waals surface area contributed by atoms with E-state index >= 15 is 0 Å². The van der Waals surface area contributed by atoms with Gasteiger partial charge in [-0.2, -0.15) is 0 Å². The van der Waals surface area contributed by atoms with Crippen molar-refractivity contribution < 1.29 is 0 Å². The number of hydrogen-bond acceptors (Lipinski definition) is 1. The predicted molar refractivity (Wildman–Crippen MR) is 145 cm³/mol. The predicted octanol–water partition coefficient (Wildman–Crippen LogP) is 9.07. The van der Waals surface area contributed by atoms with Crippen LogP contribution in [0.15, 0.2) is 121 Å². The van der Waals surface area contributed by atoms with Crippen LogP contribution in [0.1, 0.15) is 25.0 Å². The summed E-state index contributed by atoms with van der Waals surface area (Å²) in [5, 5.41) is 3.77. The minimum Gasteiger partial charge on any atom is -0.355 e. The second kappa shape index (κ2) is 8.04. The lowest BCUT2D eigenvalue weighted by Crippen LogP contribution is -2.14. The Bertz CT molecular complexity index is 1490. The molecule has 0 unspecified atom stereocenters. The fourth-order valence-electron chi connectivity index (χ4n) is 5.41. The van der Waals surface area contributed by atoms with Crippen LogP contribution in [-0.2, 0) is 5.41 Å². The summed E-state index contributed by atoms with van der Waals surface area (Å²) in [5.41, 5.74) is 12.6. The van der Waals surface area contributed by atoms with Gasteiger partial charge in [0.25, 0.3) is 0 Å². The van der Waals surface area contributed by atoms with Crippen molar-refractivity contribution in [1.29, 1.82) is 0 Å². The van der Waals surface area contributed by atoms with E-state index < -0.39 is 0 Å². The number of benzene rings is 5. The monoisotopic (exact) mass is 437 g/mol. The van der Waals surface area contributed by atoms with E-state index in [2.05, 4.69) is 140 Å². The van der Waals surface area contributed by atoms with Crippen LogP contribution in [0, 0.1) is 0 Å². The summed E-state index contributed by atoms with van der Waals surface area (Å²) in [7, 11) is 0. The standard InChI is InChI=1S/C33H27N/c1-33(2)28-19-9-6-17-27(28)32-26(18-12-20-29(32)33)25-16-8-11-22-31(25)34-30-21-10-7-15-24(30)23-13-4-3-5-14-23/h3-22,34H,1-2H3. The van der Waals surface area contributed by atoms with Gasteiger partial charge in [0.2, 0.25) is 0 Å². The lowest BCUT2D eigenvalue weighted by Gasteiger charge is -2.22. The highest BCUT2D eigenvalue weighted by Gasteiger charge is 2.36. The smallest absolute Gasteiger partial charge is 0.0464 e. The molecule has 1 aliphatic carbocycles. The molecule has 0 saturated heterocycles. The summed E-state index contributed by atoms with van der Waals surface area (Å²) in [6.45, 7) is 4.67. The first-order chi connectivity index (χ1) is 16.6. The minimum absolute atomic E-state index is 0.00970. The van der Waals surface area contributed by atoms with E-state index in [1.807, 2.05) is 0 Å². The maximum absolute atomic E-state index is 3.77. The Labute approximate surface area is 201 Å². The summed E-state index contributed by atoms with van der Waals surface area (Å²) in [6.07, 6.45) is 0. The van der Waals surface area contributed by atoms with Crippen molar-refractivity contribution in [3.63, 3.8) is 0 Å². The Morgan fingerprint density at radius 2 is 0.971 bits per heavy atom. The molecule has 0 aromatic heterocycles. The SMILES string of the molecule is CC1(C)c2ccccc2-c2c(-c3ccccc3Nc3ccccc3-c3ccccc3)cccc21. The second-order valence-electron chi connectivity index (χ2n) is 9.48. The normalized spacial score (nSPS) is 13.2. The van der Waals surface area contributed by atoms with Crippen LogP contribution in [-0.4, -0.2) is 0 Å². The molecule has 1 heteroatoms. The van der Waals surface area contributed by atoms with E-state index in [1.165, 1.54) is 44.5 Å². The summed E-state index contributed by atoms with van der Waals surface area (Å²) in [6, 6.07) is 43.4. The van der Waals surface area contributed by atoms with Crippen LogP contribution in [0.4, 0.5) is 11.4 Å². The van der Waals surface area contributed by atoms with Gasteiger partial charge in [0.1, 0.15) is 0 Å². The Hall–Kier alpha value is -4.10. The van der Waals surface area contributed by atoms with Crippen LogP contribution >= 0.6 is 0 Å². The molecule has 5 aromatic carbocycles. The molecule has 1 nitrogen and oxygen atoms in total. The molecule has 0 saturated carbocycles. The molecule has 164 valence electrons. The third-order valence-electron chi connectivity index (χ3n) is 7.11. The van der Waals surface area contributed by atoms with Gasteiger partial charge in [-0.05, 0) is 45.5 Å². The van der Waals surface area contributed by atoms with Crippen molar-refractivity contribution in [3.05, 3.63) is 132 Å². The Balaban J connectivity index is 1.50. The first-order valence-corrected chi connectivity index (χ1v) is 11.9. The zero-order valence-electron chi connectivity index (χ0n) is 19.5. The van der Waals surface area contributed by atoms with E-state index in [9.17, 15) is 0 Å². The van der Waals surface area contributed by atoms with Crippen LogP contribution in [0.2, 0.25) is 0 Å². The van der Waals surface area contributed by atoms with E-state index in [1.54, 1.807) is 0 Å². The molecule has 0 heterocycles. The van der Waals surface area contributed by atoms with Gasteiger partial charge in [-0.3, -0.25) is 0 Å². The molecule has 0 bridgehead atoms. The molecule has 1 N–H and O–H groups in total. The molecule has 0 aliphatic heterocycles. The van der Waals surface area contributed by atoms with Gasteiger partial charge in [-0.1, -0.05) is 123 Å². The quantitative estimate of drug-likeness (QED) is 0.296. The Morgan fingerprint density at radius 3 is 1.74 bits per heavy atom. The Morgan fingerprint density at radius 1 is 0.441 bits per heavy atom. The zero-order valence-corrected chi connectivity index (χ0v) is 19.5. The molecule has 6 rings (SSSR count). The van der Waals surface area contributed by atoms with E-state index in [-0.39, 0.29) is 5.41 Å². The van der Waals surface area contributed by atoms with Gasteiger partial charge >= 0.3 is 0 Å². The highest BCUT2D eigenvalue weighted by Crippen LogP contribution is 2.52. The van der Waals surface area contributed by atoms with Gasteiger partial charge in [-0.25, -0.2) is 0 Å². The number of anilines is 2. The van der Waals surface area contributed by atoms with Gasteiger partial charge < -0.3 is 5.32 Å². The average molecular weight is 438 g/mol. The third kappa shape index (κ3) is 3.24. The molecule has 34 heavy (non-hydrogen) atoms. The molecule has 0 spiro atoms. The molecule has 0 radical (unpaired) electrons. The number of nitrogens with one attached hydrogen (secondary N) is 1. The van der Waals surface area contributed by atoms with Crippen molar-refractivity contribution in [1.82, 2.24) is 0 Å². The third-order valence-corrected chi connectivity index (χ3v) is 7.11. The molecule has 0 atom stereocenters. The largest absolute Gasteiger partial charge is 0.355 e. The van der Waals surface area contributed by atoms with Gasteiger partial charge in [0, 0.05) is 27.9 Å². The van der Waals surface area contributed by atoms with Crippen molar-refractivity contribution in [2.24, 2.45) is 0 Å². The van der Waals surface area contributed by atoms with Crippen molar-refractivity contribution >= 4 is 11.4 Å². The first-order valence-electron chi connectivity index (χ1n) is 11.9. The maximum Gasteiger partial charge on any atom is 0.0464 e. The van der Waals surface area contributed by atoms with E-state index in [0.29, 0.717) is 0 Å². The van der Waals surface area contributed by atoms with Crippen LogP contribution in [0.3, 0.4) is 0 Å². The lowest BCUT2D eigenvalue weighted by molar-refractivity contribution is 0.660. The summed E-state index contributed by atoms with van der Waals surface area (Å²) < 4.78 is 0. The van der Waals surface area contributed by atoms with Crippen molar-refractivity contribution in [2.75, 3.05) is 5.32 Å². The maximum atomic E-state index is 3.77. The number of rotatable bonds is 4. The number of para-hydroxylation sites is 2. The summed E-state index contributed by atoms with van der Waals surface area (Å²) in [5.74, 6) is 0. The van der Waals surface area contributed by atoms with Gasteiger partial charge in [0.05, 0.1) is 0 Å². The van der Waals surface area contributed by atoms with Gasteiger partial charge in [-0.15, -0.1) is 0 Å². The zero-order chi connectivity index (χ0) is 23.1. The number of hydrogen-bond donors (Lipinski definition) is 1.